The minimum absolute atomic E-state index is 0.0879. The fraction of sp³-hybridized carbons (Fsp3) is 0.368. The molecule has 3 rings (SSSR count). The molecule has 0 bridgehead atoms. The van der Waals surface area contributed by atoms with Crippen LogP contribution in [0.4, 0.5) is 15.9 Å². The van der Waals surface area contributed by atoms with Gasteiger partial charge < -0.3 is 16.0 Å². The second-order valence-electron chi connectivity index (χ2n) is 6.49. The normalized spacial score (nSPS) is 16.5. The van der Waals surface area contributed by atoms with E-state index in [2.05, 4.69) is 10.3 Å². The highest BCUT2D eigenvalue weighted by Gasteiger charge is 2.27. The van der Waals surface area contributed by atoms with Gasteiger partial charge in [0, 0.05) is 25.3 Å². The maximum Gasteiger partial charge on any atom is 0.257 e. The van der Waals surface area contributed by atoms with E-state index in [1.54, 1.807) is 36.5 Å². The van der Waals surface area contributed by atoms with E-state index in [0.717, 1.165) is 12.8 Å². The molecule has 0 spiro atoms. The number of piperidine rings is 1. The van der Waals surface area contributed by atoms with Crippen molar-refractivity contribution in [2.45, 2.75) is 25.8 Å². The van der Waals surface area contributed by atoms with E-state index >= 15 is 0 Å². The van der Waals surface area contributed by atoms with Crippen LogP contribution < -0.4 is 11.1 Å². The van der Waals surface area contributed by atoms with Gasteiger partial charge in [-0.3, -0.25) is 4.79 Å². The van der Waals surface area contributed by atoms with Gasteiger partial charge >= 0.3 is 0 Å². The van der Waals surface area contributed by atoms with E-state index in [9.17, 15) is 9.18 Å². The predicted molar refractivity (Wildman–Crippen MR) is 96.2 cm³/mol. The average molecular weight is 342 g/mol. The Balaban J connectivity index is 1.77. The number of nitrogens with two attached hydrogens (primary N) is 1. The lowest BCUT2D eigenvalue weighted by molar-refractivity contribution is 0.0681. The van der Waals surface area contributed by atoms with Gasteiger partial charge in [0.05, 0.1) is 11.3 Å². The van der Waals surface area contributed by atoms with Crippen LogP contribution in [0.3, 0.4) is 0 Å². The highest BCUT2D eigenvalue weighted by atomic mass is 19.1. The zero-order chi connectivity index (χ0) is 17.8. The third-order valence-electron chi connectivity index (χ3n) is 4.74. The number of hydrogen-bond acceptors (Lipinski definition) is 4. The maximum atomic E-state index is 13.9. The summed E-state index contributed by atoms with van der Waals surface area (Å²) in [6, 6.07) is 9.92. The second-order valence-corrected chi connectivity index (χ2v) is 6.49. The summed E-state index contributed by atoms with van der Waals surface area (Å²) in [5.41, 5.74) is 6.71. The van der Waals surface area contributed by atoms with Gasteiger partial charge in [0.2, 0.25) is 0 Å². The number of amides is 1. The lowest BCUT2D eigenvalue weighted by Gasteiger charge is -2.34. The SMILES string of the molecule is CC(N)C1CCN(C(=O)c2cccnc2Nc2ccccc2F)CC1. The Hall–Kier alpha value is -2.47. The van der Waals surface area contributed by atoms with E-state index in [1.807, 2.05) is 11.8 Å². The number of rotatable bonds is 4. The number of likely N-dealkylation sites (tertiary alicyclic amines) is 1. The summed E-state index contributed by atoms with van der Waals surface area (Å²) in [5.74, 6) is 0.347. The Labute approximate surface area is 147 Å². The van der Waals surface area contributed by atoms with Gasteiger partial charge in [-0.2, -0.15) is 0 Å². The summed E-state index contributed by atoms with van der Waals surface area (Å²) in [6.45, 7) is 3.37. The first kappa shape index (κ1) is 17.4. The molecule has 25 heavy (non-hydrogen) atoms. The Morgan fingerprint density at radius 1 is 1.28 bits per heavy atom. The van der Waals surface area contributed by atoms with Crippen molar-refractivity contribution in [2.75, 3.05) is 18.4 Å². The third-order valence-corrected chi connectivity index (χ3v) is 4.74. The molecule has 1 aromatic heterocycles. The lowest BCUT2D eigenvalue weighted by atomic mass is 9.90. The van der Waals surface area contributed by atoms with Crippen molar-refractivity contribution in [3.05, 3.63) is 54.0 Å². The van der Waals surface area contributed by atoms with E-state index in [1.165, 1.54) is 6.07 Å². The Bertz CT molecular complexity index is 742. The highest BCUT2D eigenvalue weighted by Crippen LogP contribution is 2.25. The molecule has 1 unspecified atom stereocenters. The van der Waals surface area contributed by atoms with Crippen molar-refractivity contribution in [3.63, 3.8) is 0 Å². The molecule has 1 aromatic carbocycles. The zero-order valence-electron chi connectivity index (χ0n) is 14.3. The molecule has 6 heteroatoms. The number of nitrogens with one attached hydrogen (secondary N) is 1. The van der Waals surface area contributed by atoms with Crippen LogP contribution in [0, 0.1) is 11.7 Å². The molecule has 0 aliphatic carbocycles. The summed E-state index contributed by atoms with van der Waals surface area (Å²) in [7, 11) is 0. The number of aromatic nitrogens is 1. The number of para-hydroxylation sites is 1. The van der Waals surface area contributed by atoms with Crippen LogP contribution >= 0.6 is 0 Å². The minimum atomic E-state index is -0.385. The molecule has 2 heterocycles. The van der Waals surface area contributed by atoms with E-state index in [0.29, 0.717) is 36.1 Å². The van der Waals surface area contributed by atoms with Crippen molar-refractivity contribution < 1.29 is 9.18 Å². The number of carbonyl (C=O) groups excluding carboxylic acids is 1. The smallest absolute Gasteiger partial charge is 0.257 e. The molecule has 1 aliphatic rings. The number of anilines is 2. The van der Waals surface area contributed by atoms with Crippen LogP contribution in [0.1, 0.15) is 30.1 Å². The van der Waals surface area contributed by atoms with Crippen molar-refractivity contribution in [1.29, 1.82) is 0 Å². The van der Waals surface area contributed by atoms with Crippen LogP contribution in [-0.4, -0.2) is 34.9 Å². The number of pyridine rings is 1. The van der Waals surface area contributed by atoms with Crippen molar-refractivity contribution in [1.82, 2.24) is 9.88 Å². The largest absolute Gasteiger partial charge is 0.339 e. The first-order valence-corrected chi connectivity index (χ1v) is 8.57. The van der Waals surface area contributed by atoms with Crippen LogP contribution in [-0.2, 0) is 0 Å². The van der Waals surface area contributed by atoms with Gasteiger partial charge in [-0.15, -0.1) is 0 Å². The van der Waals surface area contributed by atoms with Gasteiger partial charge in [0.1, 0.15) is 11.6 Å². The summed E-state index contributed by atoms with van der Waals surface area (Å²) in [6.07, 6.45) is 3.39. The van der Waals surface area contributed by atoms with Gasteiger partial charge in [0.25, 0.3) is 5.91 Å². The second kappa shape index (κ2) is 7.61. The fourth-order valence-corrected chi connectivity index (χ4v) is 3.17. The Morgan fingerprint density at radius 3 is 2.68 bits per heavy atom. The van der Waals surface area contributed by atoms with E-state index < -0.39 is 0 Å². The molecular weight excluding hydrogens is 319 g/mol. The Kier molecular flexibility index (Phi) is 5.28. The molecule has 132 valence electrons. The highest BCUT2D eigenvalue weighted by molar-refractivity contribution is 5.99. The number of hydrogen-bond donors (Lipinski definition) is 2. The molecule has 1 atom stereocenters. The maximum absolute atomic E-state index is 13.9. The van der Waals surface area contributed by atoms with Gasteiger partial charge in [-0.05, 0) is 49.9 Å². The standard InChI is InChI=1S/C19H23FN4O/c1-13(21)14-8-11-24(12-9-14)19(25)15-5-4-10-22-18(15)23-17-7-3-2-6-16(17)20/h2-7,10,13-14H,8-9,11-12,21H2,1H3,(H,22,23). The molecule has 1 amide bonds. The summed E-state index contributed by atoms with van der Waals surface area (Å²) >= 11 is 0. The summed E-state index contributed by atoms with van der Waals surface area (Å²) in [5, 5.41) is 2.93. The molecular formula is C19H23FN4O. The van der Waals surface area contributed by atoms with Crippen LogP contribution in [0.5, 0.6) is 0 Å². The predicted octanol–water partition coefficient (Wildman–Crippen LogP) is 3.16. The van der Waals surface area contributed by atoms with Crippen molar-refractivity contribution in [3.8, 4) is 0 Å². The van der Waals surface area contributed by atoms with Crippen molar-refractivity contribution >= 4 is 17.4 Å². The molecule has 1 fully saturated rings. The molecule has 0 radical (unpaired) electrons. The van der Waals surface area contributed by atoms with E-state index in [-0.39, 0.29) is 17.8 Å². The van der Waals surface area contributed by atoms with Crippen LogP contribution in [0.15, 0.2) is 42.6 Å². The minimum Gasteiger partial charge on any atom is -0.339 e. The number of halogens is 1. The van der Waals surface area contributed by atoms with Crippen molar-refractivity contribution in [2.24, 2.45) is 11.7 Å². The lowest BCUT2D eigenvalue weighted by Crippen LogP contribution is -2.42. The number of carbonyl (C=O) groups is 1. The van der Waals surface area contributed by atoms with Crippen LogP contribution in [0.25, 0.3) is 0 Å². The van der Waals surface area contributed by atoms with Gasteiger partial charge in [-0.1, -0.05) is 12.1 Å². The van der Waals surface area contributed by atoms with E-state index in [4.69, 9.17) is 5.73 Å². The molecule has 5 nitrogen and oxygen atoms in total. The first-order chi connectivity index (χ1) is 12.1. The monoisotopic (exact) mass is 342 g/mol. The number of benzene rings is 1. The molecule has 1 saturated heterocycles. The summed E-state index contributed by atoms with van der Waals surface area (Å²) in [4.78, 5) is 18.9. The molecule has 2 aromatic rings. The topological polar surface area (TPSA) is 71.2 Å². The van der Waals surface area contributed by atoms with Crippen LogP contribution in [0.2, 0.25) is 0 Å². The van der Waals surface area contributed by atoms with Gasteiger partial charge in [0.15, 0.2) is 0 Å². The summed E-state index contributed by atoms with van der Waals surface area (Å²) < 4.78 is 13.9. The molecule has 1 aliphatic heterocycles. The first-order valence-electron chi connectivity index (χ1n) is 8.57. The van der Waals surface area contributed by atoms with Gasteiger partial charge in [-0.25, -0.2) is 9.37 Å². The molecule has 0 saturated carbocycles. The third kappa shape index (κ3) is 3.96. The number of nitrogens with zero attached hydrogens (tertiary/aromatic N) is 2. The average Bonchev–Trinajstić information content (AvgIpc) is 2.63. The Morgan fingerprint density at radius 2 is 2.00 bits per heavy atom. The quantitative estimate of drug-likeness (QED) is 0.895. The molecule has 3 N–H and O–H groups in total. The fourth-order valence-electron chi connectivity index (χ4n) is 3.17. The zero-order valence-corrected chi connectivity index (χ0v) is 14.3.